The summed E-state index contributed by atoms with van der Waals surface area (Å²) in [5.41, 5.74) is 1.32. The third-order valence-electron chi connectivity index (χ3n) is 1.87. The summed E-state index contributed by atoms with van der Waals surface area (Å²) in [6.07, 6.45) is 1.87. The van der Waals surface area contributed by atoms with Crippen molar-refractivity contribution >= 4 is 0 Å². The maximum Gasteiger partial charge on any atom is 0.0294 e. The minimum Gasteiger partial charge on any atom is -0.307 e. The molecule has 0 radical (unpaired) electrons. The van der Waals surface area contributed by atoms with Gasteiger partial charge in [-0.05, 0) is 12.5 Å². The smallest absolute Gasteiger partial charge is 0.0294 e. The Morgan fingerprint density at radius 1 is 1.42 bits per heavy atom. The molecule has 12 heavy (non-hydrogen) atoms. The van der Waals surface area contributed by atoms with Crippen molar-refractivity contribution in [3.8, 4) is 0 Å². The van der Waals surface area contributed by atoms with Crippen LogP contribution in [0.25, 0.3) is 0 Å². The number of rotatable bonds is 4. The van der Waals surface area contributed by atoms with E-state index in [-0.39, 0.29) is 0 Å². The number of nitrogens with one attached hydrogen (secondary N) is 1. The van der Waals surface area contributed by atoms with Crippen LogP contribution in [0.3, 0.4) is 0 Å². The number of benzene rings is 1. The van der Waals surface area contributed by atoms with E-state index < -0.39 is 0 Å². The summed E-state index contributed by atoms with van der Waals surface area (Å²) in [6, 6.07) is 10.8. The molecule has 0 aromatic heterocycles. The van der Waals surface area contributed by atoms with Gasteiger partial charge in [0.05, 0.1) is 0 Å². The zero-order valence-corrected chi connectivity index (χ0v) is 7.46. The topological polar surface area (TPSA) is 12.0 Å². The zero-order valence-electron chi connectivity index (χ0n) is 7.46. The lowest BCUT2D eigenvalue weighted by Gasteiger charge is -2.11. The second kappa shape index (κ2) is 4.73. The van der Waals surface area contributed by atoms with Crippen molar-refractivity contribution in [1.29, 1.82) is 0 Å². The van der Waals surface area contributed by atoms with Gasteiger partial charge in [-0.25, -0.2) is 0 Å². The van der Waals surface area contributed by atoms with E-state index in [4.69, 9.17) is 0 Å². The van der Waals surface area contributed by atoms with E-state index in [1.165, 1.54) is 5.56 Å². The van der Waals surface area contributed by atoms with Gasteiger partial charge in [-0.3, -0.25) is 0 Å². The molecular formula is C11H15N. The maximum absolute atomic E-state index is 3.66. The molecule has 1 rings (SSSR count). The lowest BCUT2D eigenvalue weighted by Crippen LogP contribution is -2.17. The molecule has 0 saturated carbocycles. The summed E-state index contributed by atoms with van der Waals surface area (Å²) in [7, 11) is 0. The molecule has 1 N–H and O–H groups in total. The Morgan fingerprint density at radius 3 is 2.67 bits per heavy atom. The highest BCUT2D eigenvalue weighted by atomic mass is 14.8. The molecule has 1 nitrogen and oxygen atoms in total. The summed E-state index contributed by atoms with van der Waals surface area (Å²) < 4.78 is 0. The largest absolute Gasteiger partial charge is 0.307 e. The average Bonchev–Trinajstić information content (AvgIpc) is 2.15. The molecule has 1 atom stereocenters. The molecule has 1 unspecified atom stereocenters. The van der Waals surface area contributed by atoms with Gasteiger partial charge in [-0.15, -0.1) is 6.58 Å². The first-order valence-corrected chi connectivity index (χ1v) is 4.24. The highest BCUT2D eigenvalue weighted by Crippen LogP contribution is 2.10. The van der Waals surface area contributed by atoms with Crippen LogP contribution in [-0.4, -0.2) is 6.54 Å². The molecule has 0 spiro atoms. The Bertz CT molecular complexity index is 228. The second-order valence-electron chi connectivity index (χ2n) is 2.83. The normalized spacial score (nSPS) is 12.4. The Kier molecular flexibility index (Phi) is 3.55. The third-order valence-corrected chi connectivity index (χ3v) is 1.87. The number of hydrogen-bond donors (Lipinski definition) is 1. The van der Waals surface area contributed by atoms with Crippen LogP contribution < -0.4 is 5.32 Å². The van der Waals surface area contributed by atoms with E-state index in [1.807, 2.05) is 12.1 Å². The highest BCUT2D eigenvalue weighted by Gasteiger charge is 2.00. The first kappa shape index (κ1) is 9.01. The second-order valence-corrected chi connectivity index (χ2v) is 2.83. The van der Waals surface area contributed by atoms with E-state index in [0.717, 1.165) is 6.54 Å². The van der Waals surface area contributed by atoms with Gasteiger partial charge in [0, 0.05) is 12.6 Å². The SMILES string of the molecule is C=CCN[11CH](C)c1ccccc1. The van der Waals surface area contributed by atoms with E-state index in [1.54, 1.807) is 0 Å². The maximum atomic E-state index is 3.66. The summed E-state index contributed by atoms with van der Waals surface area (Å²) in [6.45, 7) is 6.67. The van der Waals surface area contributed by atoms with E-state index >= 15 is 0 Å². The first-order chi connectivity index (χ1) is 5.84. The van der Waals surface area contributed by atoms with Gasteiger partial charge >= 0.3 is 0 Å². The van der Waals surface area contributed by atoms with E-state index in [0.29, 0.717) is 6.04 Å². The number of hydrogen-bond acceptors (Lipinski definition) is 1. The fraction of sp³-hybridized carbons (Fsp3) is 0.273. The van der Waals surface area contributed by atoms with Crippen molar-refractivity contribution < 1.29 is 0 Å². The van der Waals surface area contributed by atoms with Crippen LogP contribution >= 0.6 is 0 Å². The third kappa shape index (κ3) is 2.51. The first-order valence-electron chi connectivity index (χ1n) is 4.24. The molecule has 0 bridgehead atoms. The van der Waals surface area contributed by atoms with E-state index in [9.17, 15) is 0 Å². The predicted octanol–water partition coefficient (Wildman–Crippen LogP) is 2.52. The van der Waals surface area contributed by atoms with Gasteiger partial charge in [0.2, 0.25) is 0 Å². The predicted molar refractivity (Wildman–Crippen MR) is 53.1 cm³/mol. The molecule has 1 aromatic carbocycles. The standard InChI is InChI=1S/C11H15N/c1-3-9-12-10(2)11-7-5-4-6-8-11/h3-8,10,12H,1,9H2,2H3/i10-1. The molecule has 1 heteroatoms. The van der Waals surface area contributed by atoms with Gasteiger partial charge in [0.1, 0.15) is 0 Å². The molecule has 0 amide bonds. The molecule has 64 valence electrons. The van der Waals surface area contributed by atoms with Gasteiger partial charge in [-0.1, -0.05) is 36.4 Å². The van der Waals surface area contributed by atoms with Crippen molar-refractivity contribution in [3.05, 3.63) is 48.6 Å². The molecule has 0 fully saturated rings. The zero-order chi connectivity index (χ0) is 8.81. The average molecular weight is 160 g/mol. The Morgan fingerprint density at radius 2 is 2.08 bits per heavy atom. The van der Waals surface area contributed by atoms with E-state index in [2.05, 4.69) is 43.1 Å². The molecule has 0 aliphatic heterocycles. The molecule has 1 aromatic rings. The van der Waals surface area contributed by atoms with Gasteiger partial charge in [0.15, 0.2) is 0 Å². The molecular weight excluding hydrogens is 145 g/mol. The van der Waals surface area contributed by atoms with Crippen molar-refractivity contribution in [1.82, 2.24) is 5.32 Å². The van der Waals surface area contributed by atoms with Crippen LogP contribution in [0.1, 0.15) is 18.5 Å². The summed E-state index contributed by atoms with van der Waals surface area (Å²) >= 11 is 0. The summed E-state index contributed by atoms with van der Waals surface area (Å²) in [4.78, 5) is 0. The van der Waals surface area contributed by atoms with Crippen LogP contribution in [0, 0.1) is 0 Å². The summed E-state index contributed by atoms with van der Waals surface area (Å²) in [5.74, 6) is 0. The minimum atomic E-state index is 0.407. The van der Waals surface area contributed by atoms with Gasteiger partial charge in [0.25, 0.3) is 0 Å². The van der Waals surface area contributed by atoms with Crippen LogP contribution in [0.5, 0.6) is 0 Å². The van der Waals surface area contributed by atoms with Crippen molar-refractivity contribution in [3.63, 3.8) is 0 Å². The highest BCUT2D eigenvalue weighted by molar-refractivity contribution is 5.18. The lowest BCUT2D eigenvalue weighted by molar-refractivity contribution is 0.618. The Labute approximate surface area is 74.1 Å². The summed E-state index contributed by atoms with van der Waals surface area (Å²) in [5, 5.41) is 3.33. The Balaban J connectivity index is 2.53. The van der Waals surface area contributed by atoms with Crippen molar-refractivity contribution in [2.45, 2.75) is 13.0 Å². The molecule has 0 aliphatic rings. The van der Waals surface area contributed by atoms with Crippen molar-refractivity contribution in [2.24, 2.45) is 0 Å². The van der Waals surface area contributed by atoms with Gasteiger partial charge < -0.3 is 5.32 Å². The van der Waals surface area contributed by atoms with Crippen molar-refractivity contribution in [2.75, 3.05) is 6.54 Å². The lowest BCUT2D eigenvalue weighted by atomic mass is 9.70. The molecule has 0 saturated heterocycles. The minimum absolute atomic E-state index is 0.407. The quantitative estimate of drug-likeness (QED) is 0.667. The van der Waals surface area contributed by atoms with Crippen LogP contribution in [0.15, 0.2) is 43.0 Å². The van der Waals surface area contributed by atoms with Crippen LogP contribution in [0.4, 0.5) is 0 Å². The van der Waals surface area contributed by atoms with Crippen LogP contribution in [-0.2, 0) is 0 Å². The fourth-order valence-electron chi connectivity index (χ4n) is 1.12. The monoisotopic (exact) mass is 160 g/mol. The molecule has 0 aliphatic carbocycles. The fourth-order valence-corrected chi connectivity index (χ4v) is 1.12. The Hall–Kier alpha value is -1.08. The van der Waals surface area contributed by atoms with Gasteiger partial charge in [-0.2, -0.15) is 0 Å². The van der Waals surface area contributed by atoms with Crippen LogP contribution in [0.2, 0.25) is 0 Å². The molecule has 0 heterocycles.